The monoisotopic (exact) mass is 250 g/mol. The van der Waals surface area contributed by atoms with E-state index in [1.165, 1.54) is 6.33 Å². The molecule has 0 spiro atoms. The molecule has 6 nitrogen and oxygen atoms in total. The molecule has 0 aliphatic heterocycles. The molecule has 0 aliphatic rings. The lowest BCUT2D eigenvalue weighted by Gasteiger charge is -2.24. The molecule has 0 amide bonds. The maximum absolute atomic E-state index is 11.5. The summed E-state index contributed by atoms with van der Waals surface area (Å²) in [6.45, 7) is 2.81. The summed E-state index contributed by atoms with van der Waals surface area (Å²) in [7, 11) is 1.95. The molecule has 0 bridgehead atoms. The minimum absolute atomic E-state index is 0.122. The predicted molar refractivity (Wildman–Crippen MR) is 69.3 cm³/mol. The van der Waals surface area contributed by atoms with E-state index in [0.717, 1.165) is 12.0 Å². The molecule has 3 N–H and O–H groups in total. The number of aromatic nitrogens is 3. The third kappa shape index (κ3) is 2.30. The number of aliphatic hydroxyl groups excluding tert-OH is 1. The van der Waals surface area contributed by atoms with Crippen LogP contribution in [0.5, 0.6) is 0 Å². The smallest absolute Gasteiger partial charge is 0.275 e. The summed E-state index contributed by atoms with van der Waals surface area (Å²) in [5, 5.41) is 9.26. The third-order valence-electron chi connectivity index (χ3n) is 3.27. The van der Waals surface area contributed by atoms with Gasteiger partial charge in [-0.3, -0.25) is 9.69 Å². The molecule has 2 aromatic rings. The van der Waals surface area contributed by atoms with Crippen molar-refractivity contribution in [1.82, 2.24) is 19.9 Å². The SMILES string of the molecule is CC[C@@H](CO)N(C)Cc1c[nH]c2c(=O)[nH]cnc12. The number of hydrogen-bond acceptors (Lipinski definition) is 4. The molecule has 0 aromatic carbocycles. The van der Waals surface area contributed by atoms with Crippen LogP contribution in [0.3, 0.4) is 0 Å². The van der Waals surface area contributed by atoms with Crippen LogP contribution in [-0.4, -0.2) is 44.7 Å². The molecule has 0 unspecified atom stereocenters. The van der Waals surface area contributed by atoms with Gasteiger partial charge in [-0.15, -0.1) is 0 Å². The summed E-state index contributed by atoms with van der Waals surface area (Å²) in [6.07, 6.45) is 4.09. The fourth-order valence-electron chi connectivity index (χ4n) is 2.10. The molecular formula is C12H18N4O2. The summed E-state index contributed by atoms with van der Waals surface area (Å²) >= 11 is 0. The number of nitrogens with zero attached hydrogens (tertiary/aromatic N) is 2. The lowest BCUT2D eigenvalue weighted by atomic mass is 10.2. The number of H-pyrrole nitrogens is 2. The summed E-state index contributed by atoms with van der Waals surface area (Å²) in [6, 6.07) is 0.122. The van der Waals surface area contributed by atoms with E-state index in [0.29, 0.717) is 17.6 Å². The number of rotatable bonds is 5. The summed E-state index contributed by atoms with van der Waals surface area (Å²) in [5.74, 6) is 0. The Morgan fingerprint density at radius 3 is 2.94 bits per heavy atom. The summed E-state index contributed by atoms with van der Waals surface area (Å²) in [5.41, 5.74) is 1.99. The van der Waals surface area contributed by atoms with Crippen LogP contribution in [0.1, 0.15) is 18.9 Å². The number of fused-ring (bicyclic) bond motifs is 1. The molecule has 2 aromatic heterocycles. The van der Waals surface area contributed by atoms with Crippen molar-refractivity contribution in [3.05, 3.63) is 28.4 Å². The number of nitrogens with one attached hydrogen (secondary N) is 2. The highest BCUT2D eigenvalue weighted by atomic mass is 16.3. The highest BCUT2D eigenvalue weighted by Gasteiger charge is 2.15. The second-order valence-electron chi connectivity index (χ2n) is 4.43. The van der Waals surface area contributed by atoms with E-state index in [9.17, 15) is 9.90 Å². The van der Waals surface area contributed by atoms with Gasteiger partial charge >= 0.3 is 0 Å². The Labute approximate surface area is 105 Å². The Balaban J connectivity index is 2.27. The van der Waals surface area contributed by atoms with Crippen LogP contribution in [0.2, 0.25) is 0 Å². The van der Waals surface area contributed by atoms with Crippen LogP contribution >= 0.6 is 0 Å². The van der Waals surface area contributed by atoms with Gasteiger partial charge in [-0.2, -0.15) is 0 Å². The number of likely N-dealkylation sites (N-methyl/N-ethyl adjacent to an activating group) is 1. The Hall–Kier alpha value is -1.66. The number of aliphatic hydroxyl groups is 1. The first kappa shape index (κ1) is 12.8. The predicted octanol–water partition coefficient (Wildman–Crippen LogP) is 0.454. The molecular weight excluding hydrogens is 232 g/mol. The first-order chi connectivity index (χ1) is 8.67. The van der Waals surface area contributed by atoms with Crippen LogP contribution in [0, 0.1) is 0 Å². The Morgan fingerprint density at radius 1 is 1.50 bits per heavy atom. The zero-order chi connectivity index (χ0) is 13.1. The first-order valence-electron chi connectivity index (χ1n) is 6.02. The highest BCUT2D eigenvalue weighted by molar-refractivity contribution is 5.77. The van der Waals surface area contributed by atoms with Gasteiger partial charge in [0.1, 0.15) is 5.52 Å². The van der Waals surface area contributed by atoms with Gasteiger partial charge in [0.05, 0.1) is 18.5 Å². The number of aromatic amines is 2. The van der Waals surface area contributed by atoms with Crippen molar-refractivity contribution < 1.29 is 5.11 Å². The van der Waals surface area contributed by atoms with Gasteiger partial charge in [-0.1, -0.05) is 6.92 Å². The lowest BCUT2D eigenvalue weighted by Crippen LogP contribution is -2.33. The fraction of sp³-hybridized carbons (Fsp3) is 0.500. The van der Waals surface area contributed by atoms with Gasteiger partial charge in [-0.25, -0.2) is 4.98 Å². The molecule has 0 saturated heterocycles. The maximum Gasteiger partial charge on any atom is 0.275 e. The third-order valence-corrected chi connectivity index (χ3v) is 3.27. The van der Waals surface area contributed by atoms with E-state index < -0.39 is 0 Å². The van der Waals surface area contributed by atoms with Gasteiger partial charge in [0.25, 0.3) is 5.56 Å². The average Bonchev–Trinajstić information content (AvgIpc) is 2.76. The van der Waals surface area contributed by atoms with Crippen molar-refractivity contribution in [3.8, 4) is 0 Å². The van der Waals surface area contributed by atoms with Crippen molar-refractivity contribution in [2.45, 2.75) is 25.9 Å². The van der Waals surface area contributed by atoms with Crippen LogP contribution in [0.15, 0.2) is 17.3 Å². The topological polar surface area (TPSA) is 85.0 Å². The molecule has 0 radical (unpaired) electrons. The molecule has 0 aliphatic carbocycles. The molecule has 0 saturated carbocycles. The molecule has 2 rings (SSSR count). The van der Waals surface area contributed by atoms with Crippen LogP contribution in [-0.2, 0) is 6.54 Å². The zero-order valence-corrected chi connectivity index (χ0v) is 10.6. The van der Waals surface area contributed by atoms with Crippen molar-refractivity contribution >= 4 is 11.0 Å². The Kier molecular flexibility index (Phi) is 3.78. The Morgan fingerprint density at radius 2 is 2.28 bits per heavy atom. The molecule has 2 heterocycles. The van der Waals surface area contributed by atoms with E-state index in [1.54, 1.807) is 6.20 Å². The minimum Gasteiger partial charge on any atom is -0.395 e. The van der Waals surface area contributed by atoms with Gasteiger partial charge in [-0.05, 0) is 13.5 Å². The highest BCUT2D eigenvalue weighted by Crippen LogP contribution is 2.15. The van der Waals surface area contributed by atoms with E-state index in [1.807, 2.05) is 14.0 Å². The van der Waals surface area contributed by atoms with Crippen LogP contribution < -0.4 is 5.56 Å². The summed E-state index contributed by atoms with van der Waals surface area (Å²) < 4.78 is 0. The standard InChI is InChI=1S/C12H18N4O2/c1-3-9(6-17)16(2)5-8-4-13-11-10(8)14-7-15-12(11)18/h4,7,9,13,17H,3,5-6H2,1-2H3,(H,14,15,18)/t9-/m0/s1. The van der Waals surface area contributed by atoms with Gasteiger partial charge < -0.3 is 15.1 Å². The normalized spacial score (nSPS) is 13.3. The first-order valence-corrected chi connectivity index (χ1v) is 6.02. The van der Waals surface area contributed by atoms with Crippen molar-refractivity contribution in [2.24, 2.45) is 0 Å². The van der Waals surface area contributed by atoms with Crippen molar-refractivity contribution in [3.63, 3.8) is 0 Å². The summed E-state index contributed by atoms with van der Waals surface area (Å²) in [4.78, 5) is 23.3. The largest absolute Gasteiger partial charge is 0.395 e. The van der Waals surface area contributed by atoms with Crippen molar-refractivity contribution in [1.29, 1.82) is 0 Å². The average molecular weight is 250 g/mol. The Bertz CT molecular complexity index is 571. The van der Waals surface area contributed by atoms with Gasteiger partial charge in [0, 0.05) is 24.3 Å². The minimum atomic E-state index is -0.164. The van der Waals surface area contributed by atoms with Gasteiger partial charge in [0.15, 0.2) is 0 Å². The molecule has 98 valence electrons. The lowest BCUT2D eigenvalue weighted by molar-refractivity contribution is 0.138. The molecule has 18 heavy (non-hydrogen) atoms. The molecule has 6 heteroatoms. The zero-order valence-electron chi connectivity index (χ0n) is 10.6. The van der Waals surface area contributed by atoms with E-state index in [-0.39, 0.29) is 18.2 Å². The molecule has 1 atom stereocenters. The fourth-order valence-corrected chi connectivity index (χ4v) is 2.10. The van der Waals surface area contributed by atoms with Crippen LogP contribution in [0.4, 0.5) is 0 Å². The number of hydrogen-bond donors (Lipinski definition) is 3. The second-order valence-corrected chi connectivity index (χ2v) is 4.43. The van der Waals surface area contributed by atoms with Crippen molar-refractivity contribution in [2.75, 3.05) is 13.7 Å². The quantitative estimate of drug-likeness (QED) is 0.719. The van der Waals surface area contributed by atoms with E-state index >= 15 is 0 Å². The maximum atomic E-state index is 11.5. The second kappa shape index (κ2) is 5.32. The van der Waals surface area contributed by atoms with Gasteiger partial charge in [0.2, 0.25) is 0 Å². The van der Waals surface area contributed by atoms with E-state index in [2.05, 4.69) is 19.9 Å². The van der Waals surface area contributed by atoms with Crippen LogP contribution in [0.25, 0.3) is 11.0 Å². The van der Waals surface area contributed by atoms with E-state index in [4.69, 9.17) is 0 Å². The molecule has 0 fully saturated rings.